The summed E-state index contributed by atoms with van der Waals surface area (Å²) in [6, 6.07) is 20.0. The Bertz CT molecular complexity index is 1550. The van der Waals surface area contributed by atoms with E-state index in [9.17, 15) is 18.8 Å². The second-order valence-corrected chi connectivity index (χ2v) is 10.1. The Kier molecular flexibility index (Phi) is 7.13. The number of benzene rings is 3. The van der Waals surface area contributed by atoms with Gasteiger partial charge in [-0.15, -0.1) is 0 Å². The Hall–Kier alpha value is -3.49. The Morgan fingerprint density at radius 3 is 2.41 bits per heavy atom. The molecule has 188 valence electrons. The first-order valence-corrected chi connectivity index (χ1v) is 12.9. The first-order valence-electron chi connectivity index (χ1n) is 11.8. The zero-order valence-electron chi connectivity index (χ0n) is 19.7. The van der Waals surface area contributed by atoms with Gasteiger partial charge in [-0.25, -0.2) is 9.18 Å². The van der Waals surface area contributed by atoms with Crippen molar-refractivity contribution in [2.24, 2.45) is 0 Å². The molecule has 0 aliphatic carbocycles. The number of hydrogen-bond acceptors (Lipinski definition) is 3. The van der Waals surface area contributed by atoms with Crippen LogP contribution in [0.25, 0.3) is 5.69 Å². The molecule has 1 aliphatic rings. The smallest absolute Gasteiger partial charge is 0.331 e. The maximum atomic E-state index is 13.6. The van der Waals surface area contributed by atoms with Crippen molar-refractivity contribution in [3.8, 4) is 5.69 Å². The zero-order valence-corrected chi connectivity index (χ0v) is 22.0. The highest BCUT2D eigenvalue weighted by Gasteiger charge is 2.32. The number of hydrogen-bond donors (Lipinski definition) is 0. The molecule has 0 atom stereocenters. The molecule has 0 saturated carbocycles. The van der Waals surface area contributed by atoms with Gasteiger partial charge in [0.05, 0.1) is 22.9 Å². The van der Waals surface area contributed by atoms with Gasteiger partial charge in [-0.05, 0) is 70.4 Å². The fourth-order valence-corrected chi connectivity index (χ4v) is 5.01. The molecule has 1 aliphatic heterocycles. The molecule has 0 saturated heterocycles. The number of nitrogens with zero attached hydrogens (tertiary/aromatic N) is 3. The van der Waals surface area contributed by atoms with Crippen LogP contribution < -0.4 is 5.69 Å². The standard InChI is InChI=1S/C28H22BrClFN3O3/c29-22-12-7-19(16-23(22)30)27(36)32-14-15-33-24(17-32)26(25(35)13-6-18-4-2-1-3-5-18)34(28(33)37)21-10-8-20(31)9-11-21/h1-5,7-12,16H,6,13-15,17H2. The van der Waals surface area contributed by atoms with Crippen LogP contribution in [0.2, 0.25) is 5.02 Å². The number of ketones is 1. The summed E-state index contributed by atoms with van der Waals surface area (Å²) in [4.78, 5) is 42.0. The van der Waals surface area contributed by atoms with E-state index >= 15 is 0 Å². The van der Waals surface area contributed by atoms with E-state index in [0.717, 1.165) is 5.56 Å². The molecular weight excluding hydrogens is 561 g/mol. The largest absolute Gasteiger partial charge is 0.333 e. The first-order chi connectivity index (χ1) is 17.8. The molecule has 0 unspecified atom stereocenters. The number of carbonyl (C=O) groups excluding carboxylic acids is 2. The number of aryl methyl sites for hydroxylation is 1. The van der Waals surface area contributed by atoms with Crippen LogP contribution in [0.15, 0.2) is 82.1 Å². The number of carbonyl (C=O) groups is 2. The number of aromatic nitrogens is 2. The Balaban J connectivity index is 1.53. The van der Waals surface area contributed by atoms with Gasteiger partial charge in [0.15, 0.2) is 5.78 Å². The van der Waals surface area contributed by atoms with Crippen LogP contribution in [0.1, 0.15) is 38.5 Å². The average molecular weight is 583 g/mol. The quantitative estimate of drug-likeness (QED) is 0.276. The van der Waals surface area contributed by atoms with E-state index in [1.54, 1.807) is 23.1 Å². The van der Waals surface area contributed by atoms with E-state index in [-0.39, 0.29) is 42.6 Å². The highest BCUT2D eigenvalue weighted by atomic mass is 79.9. The summed E-state index contributed by atoms with van der Waals surface area (Å²) in [5.41, 5.74) is 2.12. The van der Waals surface area contributed by atoms with E-state index in [1.165, 1.54) is 33.4 Å². The number of fused-ring (bicyclic) bond motifs is 1. The predicted octanol–water partition coefficient (Wildman–Crippen LogP) is 5.67. The van der Waals surface area contributed by atoms with Crippen molar-refractivity contribution in [1.82, 2.24) is 14.0 Å². The van der Waals surface area contributed by atoms with E-state index in [1.807, 2.05) is 30.3 Å². The van der Waals surface area contributed by atoms with Crippen LogP contribution >= 0.6 is 27.5 Å². The Morgan fingerprint density at radius 2 is 1.70 bits per heavy atom. The van der Waals surface area contributed by atoms with E-state index < -0.39 is 5.82 Å². The zero-order chi connectivity index (χ0) is 26.1. The topological polar surface area (TPSA) is 64.3 Å². The molecule has 6 nitrogen and oxygen atoms in total. The average Bonchev–Trinajstić information content (AvgIpc) is 3.21. The third-order valence-electron chi connectivity index (χ3n) is 6.47. The van der Waals surface area contributed by atoms with E-state index in [4.69, 9.17) is 11.6 Å². The molecule has 9 heteroatoms. The summed E-state index contributed by atoms with van der Waals surface area (Å²) in [5, 5.41) is 0.416. The van der Waals surface area contributed by atoms with E-state index in [2.05, 4.69) is 15.9 Å². The summed E-state index contributed by atoms with van der Waals surface area (Å²) >= 11 is 9.53. The van der Waals surface area contributed by atoms with Gasteiger partial charge in [-0.2, -0.15) is 0 Å². The lowest BCUT2D eigenvalue weighted by Gasteiger charge is -2.28. The van der Waals surface area contributed by atoms with Crippen LogP contribution in [0.4, 0.5) is 4.39 Å². The van der Waals surface area contributed by atoms with Gasteiger partial charge in [0.25, 0.3) is 5.91 Å². The van der Waals surface area contributed by atoms with Crippen molar-refractivity contribution in [2.75, 3.05) is 6.54 Å². The lowest BCUT2D eigenvalue weighted by Crippen LogP contribution is -2.41. The van der Waals surface area contributed by atoms with Gasteiger partial charge in [0.2, 0.25) is 0 Å². The van der Waals surface area contributed by atoms with Crippen LogP contribution in [-0.4, -0.2) is 32.3 Å². The molecule has 0 fully saturated rings. The van der Waals surface area contributed by atoms with Crippen molar-refractivity contribution >= 4 is 39.2 Å². The number of rotatable bonds is 6. The minimum absolute atomic E-state index is 0.0857. The van der Waals surface area contributed by atoms with Crippen molar-refractivity contribution in [2.45, 2.75) is 25.9 Å². The molecule has 0 spiro atoms. The summed E-state index contributed by atoms with van der Waals surface area (Å²) in [5.74, 6) is -0.909. The molecule has 0 bridgehead atoms. The van der Waals surface area contributed by atoms with Gasteiger partial charge in [0, 0.05) is 29.5 Å². The van der Waals surface area contributed by atoms with Gasteiger partial charge in [0.1, 0.15) is 11.5 Å². The molecule has 1 amide bonds. The summed E-state index contributed by atoms with van der Waals surface area (Å²) in [7, 11) is 0. The van der Waals surface area contributed by atoms with E-state index in [0.29, 0.717) is 39.4 Å². The van der Waals surface area contributed by atoms with Crippen molar-refractivity contribution in [3.63, 3.8) is 0 Å². The molecule has 3 aromatic carbocycles. The third-order valence-corrected chi connectivity index (χ3v) is 7.70. The maximum Gasteiger partial charge on any atom is 0.333 e. The minimum Gasteiger partial charge on any atom is -0.331 e. The summed E-state index contributed by atoms with van der Waals surface area (Å²) in [6.07, 6.45) is 0.680. The maximum absolute atomic E-state index is 13.6. The summed E-state index contributed by atoms with van der Waals surface area (Å²) < 4.78 is 17.2. The van der Waals surface area contributed by atoms with Gasteiger partial charge >= 0.3 is 5.69 Å². The second-order valence-electron chi connectivity index (χ2n) is 8.81. The van der Waals surface area contributed by atoms with Crippen LogP contribution in [-0.2, 0) is 19.5 Å². The molecule has 0 N–H and O–H groups in total. The molecule has 4 aromatic rings. The second kappa shape index (κ2) is 10.5. The Labute approximate surface area is 226 Å². The molecule has 0 radical (unpaired) electrons. The van der Waals surface area contributed by atoms with Crippen molar-refractivity contribution in [1.29, 1.82) is 0 Å². The minimum atomic E-state index is -0.442. The fourth-order valence-electron chi connectivity index (χ4n) is 4.58. The number of halogens is 3. The van der Waals surface area contributed by atoms with Gasteiger partial charge in [-0.3, -0.25) is 18.7 Å². The highest BCUT2D eigenvalue weighted by molar-refractivity contribution is 9.10. The lowest BCUT2D eigenvalue weighted by atomic mass is 10.0. The molecule has 5 rings (SSSR count). The molecule has 2 heterocycles. The monoisotopic (exact) mass is 581 g/mol. The SMILES string of the molecule is O=C(CCc1ccccc1)c1c2n(c(=O)n1-c1ccc(F)cc1)CCN(C(=O)c1ccc(Br)c(Cl)c1)C2. The molecule has 37 heavy (non-hydrogen) atoms. The van der Waals surface area contributed by atoms with Crippen LogP contribution in [0, 0.1) is 5.82 Å². The fraction of sp³-hybridized carbons (Fsp3) is 0.179. The van der Waals surface area contributed by atoms with Crippen molar-refractivity contribution in [3.05, 3.63) is 121 Å². The number of amides is 1. The number of Topliss-reactive ketones (excluding diaryl/α,β-unsaturated/α-hetero) is 1. The van der Waals surface area contributed by atoms with Crippen LogP contribution in [0.5, 0.6) is 0 Å². The normalized spacial score (nSPS) is 12.9. The van der Waals surface area contributed by atoms with Gasteiger partial charge in [-0.1, -0.05) is 41.9 Å². The summed E-state index contributed by atoms with van der Waals surface area (Å²) in [6.45, 7) is 0.615. The Morgan fingerprint density at radius 1 is 0.973 bits per heavy atom. The first kappa shape index (κ1) is 25.2. The highest BCUT2D eigenvalue weighted by Crippen LogP contribution is 2.26. The predicted molar refractivity (Wildman–Crippen MR) is 143 cm³/mol. The molecular formula is C28H22BrClFN3O3. The van der Waals surface area contributed by atoms with Crippen molar-refractivity contribution < 1.29 is 14.0 Å². The van der Waals surface area contributed by atoms with Crippen LogP contribution in [0.3, 0.4) is 0 Å². The molecule has 1 aromatic heterocycles. The number of imidazole rings is 1. The third kappa shape index (κ3) is 5.04. The lowest BCUT2D eigenvalue weighted by molar-refractivity contribution is 0.0707. The van der Waals surface area contributed by atoms with Gasteiger partial charge < -0.3 is 4.90 Å².